The quantitative estimate of drug-likeness (QED) is 0.769. The highest BCUT2D eigenvalue weighted by Gasteiger charge is 2.19. The number of hydrogen-bond acceptors (Lipinski definition) is 2. The van der Waals surface area contributed by atoms with Crippen LogP contribution in [0.3, 0.4) is 0 Å². The van der Waals surface area contributed by atoms with E-state index in [1.165, 1.54) is 0 Å². The molecule has 106 valence electrons. The van der Waals surface area contributed by atoms with E-state index in [0.29, 0.717) is 5.02 Å². The molecule has 2 aromatic carbocycles. The number of benzene rings is 2. The van der Waals surface area contributed by atoms with Crippen molar-refractivity contribution in [3.63, 3.8) is 0 Å². The van der Waals surface area contributed by atoms with E-state index in [1.807, 2.05) is 18.2 Å². The Bertz CT molecular complexity index is 652. The fourth-order valence-corrected chi connectivity index (χ4v) is 4.18. The van der Waals surface area contributed by atoms with Crippen LogP contribution in [0.5, 0.6) is 0 Å². The Balaban J connectivity index is 2.06. The zero-order valence-electron chi connectivity index (χ0n) is 10.7. The van der Waals surface area contributed by atoms with Gasteiger partial charge in [-0.2, -0.15) is 0 Å². The predicted octanol–water partition coefficient (Wildman–Crippen LogP) is 4.23. The summed E-state index contributed by atoms with van der Waals surface area (Å²) in [5.74, 6) is -0.0876. The van der Waals surface area contributed by atoms with Crippen molar-refractivity contribution in [2.24, 2.45) is 0 Å². The first-order valence-corrected chi connectivity index (χ1v) is 8.74. The van der Waals surface area contributed by atoms with Gasteiger partial charge >= 0.3 is 0 Å². The summed E-state index contributed by atoms with van der Waals surface area (Å²) < 4.78 is 24.3. The maximum absolute atomic E-state index is 12.1. The van der Waals surface area contributed by atoms with Gasteiger partial charge in [-0.05, 0) is 23.3 Å². The van der Waals surface area contributed by atoms with Crippen molar-refractivity contribution in [3.8, 4) is 0 Å². The van der Waals surface area contributed by atoms with Crippen molar-refractivity contribution in [2.75, 3.05) is 5.75 Å². The Labute approximate surface area is 129 Å². The van der Waals surface area contributed by atoms with Crippen molar-refractivity contribution in [2.45, 2.75) is 11.1 Å². The second-order valence-corrected chi connectivity index (χ2v) is 7.63. The molecule has 0 fully saturated rings. The topological polar surface area (TPSA) is 34.1 Å². The van der Waals surface area contributed by atoms with Crippen LogP contribution in [0.2, 0.25) is 5.02 Å². The summed E-state index contributed by atoms with van der Waals surface area (Å²) in [4.78, 5) is 0. The summed E-state index contributed by atoms with van der Waals surface area (Å²) in [7, 11) is -3.26. The monoisotopic (exact) mass is 328 g/mol. The van der Waals surface area contributed by atoms with Crippen molar-refractivity contribution in [1.82, 2.24) is 0 Å². The van der Waals surface area contributed by atoms with Crippen molar-refractivity contribution >= 4 is 33.0 Å². The lowest BCUT2D eigenvalue weighted by molar-refractivity contribution is 0.594. The summed E-state index contributed by atoms with van der Waals surface area (Å²) in [5, 5.41) is 0.0331. The predicted molar refractivity (Wildman–Crippen MR) is 84.0 cm³/mol. The van der Waals surface area contributed by atoms with Crippen LogP contribution < -0.4 is 0 Å². The molecule has 0 aliphatic rings. The Morgan fingerprint density at radius 2 is 1.55 bits per heavy atom. The third-order valence-electron chi connectivity index (χ3n) is 2.86. The molecule has 1 unspecified atom stereocenters. The molecule has 0 spiro atoms. The van der Waals surface area contributed by atoms with E-state index in [9.17, 15) is 8.42 Å². The molecular formula is C15H14Cl2O2S. The lowest BCUT2D eigenvalue weighted by Gasteiger charge is -2.11. The van der Waals surface area contributed by atoms with E-state index in [4.69, 9.17) is 23.2 Å². The average molecular weight is 329 g/mol. The van der Waals surface area contributed by atoms with Gasteiger partial charge in [-0.1, -0.05) is 54.1 Å². The summed E-state index contributed by atoms with van der Waals surface area (Å²) in [6.07, 6.45) is 0. The molecule has 0 aromatic heterocycles. The Morgan fingerprint density at radius 3 is 2.15 bits per heavy atom. The number of alkyl halides is 1. The Morgan fingerprint density at radius 1 is 0.950 bits per heavy atom. The van der Waals surface area contributed by atoms with E-state index >= 15 is 0 Å². The molecule has 0 radical (unpaired) electrons. The minimum Gasteiger partial charge on any atom is -0.228 e. The highest BCUT2D eigenvalue weighted by Crippen LogP contribution is 2.25. The van der Waals surface area contributed by atoms with Crippen LogP contribution in [0.25, 0.3) is 0 Å². The van der Waals surface area contributed by atoms with Gasteiger partial charge < -0.3 is 0 Å². The summed E-state index contributed by atoms with van der Waals surface area (Å²) in [5.41, 5.74) is 1.53. The van der Waals surface area contributed by atoms with Crippen LogP contribution in [-0.4, -0.2) is 14.2 Å². The van der Waals surface area contributed by atoms with Gasteiger partial charge in [0.1, 0.15) is 0 Å². The molecule has 0 saturated heterocycles. The van der Waals surface area contributed by atoms with E-state index in [-0.39, 0.29) is 11.5 Å². The summed E-state index contributed by atoms with van der Waals surface area (Å²) in [6, 6.07) is 16.0. The normalized spacial score (nSPS) is 13.1. The van der Waals surface area contributed by atoms with Crippen LogP contribution in [0.15, 0.2) is 54.6 Å². The molecule has 0 amide bonds. The lowest BCUT2D eigenvalue weighted by Crippen LogP contribution is -2.13. The summed E-state index contributed by atoms with van der Waals surface area (Å²) >= 11 is 12.0. The minimum atomic E-state index is -3.26. The highest BCUT2D eigenvalue weighted by atomic mass is 35.5. The molecule has 0 saturated carbocycles. The maximum Gasteiger partial charge on any atom is 0.156 e. The third kappa shape index (κ3) is 4.51. The minimum absolute atomic E-state index is 0.00461. The van der Waals surface area contributed by atoms with Crippen LogP contribution in [0, 0.1) is 0 Å². The van der Waals surface area contributed by atoms with Crippen LogP contribution in [0.4, 0.5) is 0 Å². The van der Waals surface area contributed by atoms with Gasteiger partial charge in [-0.25, -0.2) is 8.42 Å². The molecule has 2 aromatic rings. The fourth-order valence-electron chi connectivity index (χ4n) is 1.88. The van der Waals surface area contributed by atoms with Crippen molar-refractivity contribution < 1.29 is 8.42 Å². The van der Waals surface area contributed by atoms with E-state index in [2.05, 4.69) is 0 Å². The van der Waals surface area contributed by atoms with Gasteiger partial charge in [-0.3, -0.25) is 0 Å². The number of halogens is 2. The number of rotatable bonds is 5. The molecule has 1 atom stereocenters. The zero-order chi connectivity index (χ0) is 14.6. The smallest absolute Gasteiger partial charge is 0.156 e. The average Bonchev–Trinajstić information content (AvgIpc) is 2.39. The van der Waals surface area contributed by atoms with Crippen molar-refractivity contribution in [1.29, 1.82) is 0 Å². The largest absolute Gasteiger partial charge is 0.228 e. The molecule has 5 heteroatoms. The van der Waals surface area contributed by atoms with Gasteiger partial charge in [0.15, 0.2) is 9.84 Å². The molecule has 0 heterocycles. The second kappa shape index (κ2) is 6.61. The SMILES string of the molecule is O=S(=O)(Cc1ccccc1)CC(Cl)c1ccc(Cl)cc1. The standard InChI is InChI=1S/C15H14Cl2O2S/c16-14-8-6-13(7-9-14)15(17)11-20(18,19)10-12-4-2-1-3-5-12/h1-9,15H,10-11H2. The molecule has 0 N–H and O–H groups in total. The molecule has 20 heavy (non-hydrogen) atoms. The molecular weight excluding hydrogens is 315 g/mol. The number of sulfone groups is 1. The molecule has 2 rings (SSSR count). The van der Waals surface area contributed by atoms with Gasteiger partial charge in [0.2, 0.25) is 0 Å². The maximum atomic E-state index is 12.1. The van der Waals surface area contributed by atoms with Crippen LogP contribution in [0.1, 0.15) is 16.5 Å². The number of hydrogen-bond donors (Lipinski definition) is 0. The lowest BCUT2D eigenvalue weighted by atomic mass is 10.2. The van der Waals surface area contributed by atoms with E-state index in [1.54, 1.807) is 36.4 Å². The van der Waals surface area contributed by atoms with Crippen molar-refractivity contribution in [3.05, 3.63) is 70.7 Å². The zero-order valence-corrected chi connectivity index (χ0v) is 13.0. The second-order valence-electron chi connectivity index (χ2n) is 4.56. The molecule has 0 aliphatic carbocycles. The Kier molecular flexibility index (Phi) is 5.08. The van der Waals surface area contributed by atoms with Gasteiger partial charge in [0.25, 0.3) is 0 Å². The van der Waals surface area contributed by atoms with E-state index < -0.39 is 15.2 Å². The molecule has 0 aliphatic heterocycles. The first kappa shape index (κ1) is 15.4. The van der Waals surface area contributed by atoms with Gasteiger partial charge in [0, 0.05) is 5.02 Å². The Hall–Kier alpha value is -1.03. The van der Waals surface area contributed by atoms with Gasteiger partial charge in [-0.15, -0.1) is 11.6 Å². The van der Waals surface area contributed by atoms with Gasteiger partial charge in [0.05, 0.1) is 16.9 Å². The molecule has 0 bridgehead atoms. The highest BCUT2D eigenvalue weighted by molar-refractivity contribution is 7.90. The fraction of sp³-hybridized carbons (Fsp3) is 0.200. The van der Waals surface area contributed by atoms with E-state index in [0.717, 1.165) is 11.1 Å². The van der Waals surface area contributed by atoms with Crippen LogP contribution in [-0.2, 0) is 15.6 Å². The first-order valence-electron chi connectivity index (χ1n) is 6.10. The first-order chi connectivity index (χ1) is 9.46. The molecule has 2 nitrogen and oxygen atoms in total. The summed E-state index contributed by atoms with van der Waals surface area (Å²) in [6.45, 7) is 0. The van der Waals surface area contributed by atoms with Crippen LogP contribution >= 0.6 is 23.2 Å². The third-order valence-corrected chi connectivity index (χ3v) is 5.32.